The average Bonchev–Trinajstić information content (AvgIpc) is 2.69. The van der Waals surface area contributed by atoms with E-state index in [1.165, 1.54) is 29.1 Å². The van der Waals surface area contributed by atoms with Crippen LogP contribution in [0.5, 0.6) is 5.75 Å². The van der Waals surface area contributed by atoms with Crippen molar-refractivity contribution in [1.29, 1.82) is 0 Å². The number of hydrogen-bond donors (Lipinski definition) is 1. The van der Waals surface area contributed by atoms with Crippen molar-refractivity contribution in [2.75, 3.05) is 13.2 Å². The lowest BCUT2D eigenvalue weighted by molar-refractivity contribution is -0.123. The van der Waals surface area contributed by atoms with Gasteiger partial charge in [-0.2, -0.15) is 5.10 Å². The topological polar surface area (TPSA) is 86.1 Å². The molecule has 1 aromatic carbocycles. The zero-order chi connectivity index (χ0) is 19.1. The maximum absolute atomic E-state index is 13.0. The minimum Gasteiger partial charge on any atom is -0.482 e. The van der Waals surface area contributed by atoms with E-state index in [2.05, 4.69) is 15.4 Å². The fraction of sp³-hybridized carbons (Fsp3) is 0.158. The first-order valence-electron chi connectivity index (χ1n) is 8.25. The first-order chi connectivity index (χ1) is 13.1. The second-order valence-corrected chi connectivity index (χ2v) is 5.61. The average molecular weight is 368 g/mol. The van der Waals surface area contributed by atoms with Crippen LogP contribution in [0.1, 0.15) is 0 Å². The molecular weight excluding hydrogens is 351 g/mol. The number of aromatic nitrogens is 3. The van der Waals surface area contributed by atoms with Gasteiger partial charge in [-0.15, -0.1) is 0 Å². The van der Waals surface area contributed by atoms with Gasteiger partial charge in [-0.05, 0) is 42.5 Å². The molecule has 7 nitrogen and oxygen atoms in total. The van der Waals surface area contributed by atoms with Crippen LogP contribution < -0.4 is 15.6 Å². The summed E-state index contributed by atoms with van der Waals surface area (Å²) in [4.78, 5) is 27.6. The summed E-state index contributed by atoms with van der Waals surface area (Å²) < 4.78 is 19.6. The molecule has 0 saturated heterocycles. The van der Waals surface area contributed by atoms with E-state index < -0.39 is 0 Å². The van der Waals surface area contributed by atoms with Crippen LogP contribution in [-0.2, 0) is 11.3 Å². The molecule has 1 N–H and O–H groups in total. The van der Waals surface area contributed by atoms with Gasteiger partial charge in [0.05, 0.1) is 18.4 Å². The van der Waals surface area contributed by atoms with Gasteiger partial charge in [0.2, 0.25) is 0 Å². The number of ether oxygens (including phenoxy) is 1. The number of benzene rings is 1. The standard InChI is InChI=1S/C19H17FN4O3/c20-15-5-3-14(4-6-15)17-7-8-19(26)24(23-17)11-10-22-18(25)13-27-16-2-1-9-21-12-16/h1-9,12H,10-11,13H2,(H,22,25). The van der Waals surface area contributed by atoms with E-state index in [9.17, 15) is 14.0 Å². The number of hydrogen-bond acceptors (Lipinski definition) is 5. The van der Waals surface area contributed by atoms with Gasteiger partial charge >= 0.3 is 0 Å². The molecule has 0 aliphatic carbocycles. The molecule has 138 valence electrons. The Morgan fingerprint density at radius 1 is 1.15 bits per heavy atom. The highest BCUT2D eigenvalue weighted by Crippen LogP contribution is 2.15. The van der Waals surface area contributed by atoms with Crippen molar-refractivity contribution in [3.8, 4) is 17.0 Å². The third kappa shape index (κ3) is 5.21. The van der Waals surface area contributed by atoms with E-state index in [1.54, 1.807) is 36.5 Å². The minimum atomic E-state index is -0.344. The number of pyridine rings is 1. The first kappa shape index (κ1) is 18.2. The highest BCUT2D eigenvalue weighted by molar-refractivity contribution is 5.77. The number of rotatable bonds is 7. The van der Waals surface area contributed by atoms with Gasteiger partial charge in [0, 0.05) is 24.4 Å². The van der Waals surface area contributed by atoms with Gasteiger partial charge < -0.3 is 10.1 Å². The summed E-state index contributed by atoms with van der Waals surface area (Å²) >= 11 is 0. The summed E-state index contributed by atoms with van der Waals surface area (Å²) in [7, 11) is 0. The Bertz CT molecular complexity index is 959. The molecule has 0 radical (unpaired) electrons. The van der Waals surface area contributed by atoms with E-state index in [-0.39, 0.29) is 37.0 Å². The van der Waals surface area contributed by atoms with Crippen LogP contribution in [0.25, 0.3) is 11.3 Å². The summed E-state index contributed by atoms with van der Waals surface area (Å²) in [6, 6.07) is 12.2. The third-order valence-corrected chi connectivity index (χ3v) is 3.66. The van der Waals surface area contributed by atoms with Crippen LogP contribution in [0.2, 0.25) is 0 Å². The minimum absolute atomic E-state index is 0.149. The highest BCUT2D eigenvalue weighted by Gasteiger charge is 2.06. The van der Waals surface area contributed by atoms with Gasteiger partial charge in [-0.25, -0.2) is 9.07 Å². The predicted octanol–water partition coefficient (Wildman–Crippen LogP) is 1.64. The van der Waals surface area contributed by atoms with Crippen LogP contribution in [0, 0.1) is 5.82 Å². The van der Waals surface area contributed by atoms with Gasteiger partial charge in [0.15, 0.2) is 6.61 Å². The molecule has 3 aromatic rings. The quantitative estimate of drug-likeness (QED) is 0.685. The Morgan fingerprint density at radius 2 is 1.96 bits per heavy atom. The van der Waals surface area contributed by atoms with Gasteiger partial charge in [-0.1, -0.05) is 0 Å². The van der Waals surface area contributed by atoms with Crippen LogP contribution in [0.3, 0.4) is 0 Å². The molecule has 3 rings (SSSR count). The van der Waals surface area contributed by atoms with Gasteiger partial charge in [-0.3, -0.25) is 14.6 Å². The van der Waals surface area contributed by atoms with Crippen molar-refractivity contribution in [3.63, 3.8) is 0 Å². The fourth-order valence-electron chi connectivity index (χ4n) is 2.32. The smallest absolute Gasteiger partial charge is 0.266 e. The maximum atomic E-state index is 13.0. The van der Waals surface area contributed by atoms with Crippen molar-refractivity contribution < 1.29 is 13.9 Å². The Balaban J connectivity index is 1.54. The van der Waals surface area contributed by atoms with Gasteiger partial charge in [0.25, 0.3) is 11.5 Å². The molecule has 0 aliphatic heterocycles. The van der Waals surface area contributed by atoms with Crippen molar-refractivity contribution >= 4 is 5.91 Å². The van der Waals surface area contributed by atoms with E-state index in [4.69, 9.17) is 4.74 Å². The van der Waals surface area contributed by atoms with Crippen LogP contribution in [0.15, 0.2) is 65.7 Å². The van der Waals surface area contributed by atoms with Crippen molar-refractivity contribution in [1.82, 2.24) is 20.1 Å². The highest BCUT2D eigenvalue weighted by atomic mass is 19.1. The normalized spacial score (nSPS) is 10.4. The predicted molar refractivity (Wildman–Crippen MR) is 96.6 cm³/mol. The summed E-state index contributed by atoms with van der Waals surface area (Å²) in [5.41, 5.74) is 0.946. The van der Waals surface area contributed by atoms with Crippen LogP contribution in [0.4, 0.5) is 4.39 Å². The summed E-state index contributed by atoms with van der Waals surface area (Å²) in [6.07, 6.45) is 3.12. The Labute approximate surface area is 154 Å². The lowest BCUT2D eigenvalue weighted by atomic mass is 10.1. The molecule has 0 aliphatic rings. The zero-order valence-electron chi connectivity index (χ0n) is 14.3. The number of nitrogens with zero attached hydrogens (tertiary/aromatic N) is 3. The summed E-state index contributed by atoms with van der Waals surface area (Å²) in [5.74, 6) is -0.164. The molecule has 0 atom stereocenters. The molecular formula is C19H17FN4O3. The largest absolute Gasteiger partial charge is 0.482 e. The van der Waals surface area contributed by atoms with Crippen molar-refractivity contribution in [3.05, 3.63) is 77.1 Å². The molecule has 27 heavy (non-hydrogen) atoms. The Hall–Kier alpha value is -3.55. The molecule has 0 bridgehead atoms. The van der Waals surface area contributed by atoms with Crippen molar-refractivity contribution in [2.24, 2.45) is 0 Å². The molecule has 8 heteroatoms. The molecule has 0 spiro atoms. The number of halogens is 1. The van der Waals surface area contributed by atoms with E-state index in [0.717, 1.165) is 0 Å². The van der Waals surface area contributed by atoms with Crippen LogP contribution >= 0.6 is 0 Å². The second-order valence-electron chi connectivity index (χ2n) is 5.61. The van der Waals surface area contributed by atoms with Gasteiger partial charge in [0.1, 0.15) is 11.6 Å². The van der Waals surface area contributed by atoms with E-state index >= 15 is 0 Å². The zero-order valence-corrected chi connectivity index (χ0v) is 14.3. The number of nitrogens with one attached hydrogen (secondary N) is 1. The fourth-order valence-corrected chi connectivity index (χ4v) is 2.32. The summed E-state index contributed by atoms with van der Waals surface area (Å²) in [5, 5.41) is 6.92. The molecule has 2 aromatic heterocycles. The number of carbonyl (C=O) groups is 1. The van der Waals surface area contributed by atoms with E-state index in [1.807, 2.05) is 0 Å². The lowest BCUT2D eigenvalue weighted by Gasteiger charge is -2.09. The molecule has 0 saturated carbocycles. The number of amides is 1. The van der Waals surface area contributed by atoms with Crippen LogP contribution in [-0.4, -0.2) is 33.8 Å². The monoisotopic (exact) mass is 368 g/mol. The molecule has 1 amide bonds. The maximum Gasteiger partial charge on any atom is 0.266 e. The summed E-state index contributed by atoms with van der Waals surface area (Å²) in [6.45, 7) is 0.269. The Morgan fingerprint density at radius 3 is 2.70 bits per heavy atom. The molecule has 2 heterocycles. The third-order valence-electron chi connectivity index (χ3n) is 3.66. The number of carbonyl (C=O) groups excluding carboxylic acids is 1. The second kappa shape index (κ2) is 8.70. The SMILES string of the molecule is O=C(COc1cccnc1)NCCn1nc(-c2ccc(F)cc2)ccc1=O. The van der Waals surface area contributed by atoms with E-state index in [0.29, 0.717) is 17.0 Å². The molecule has 0 unspecified atom stereocenters. The first-order valence-corrected chi connectivity index (χ1v) is 8.25. The Kier molecular flexibility index (Phi) is 5.88. The molecule has 0 fully saturated rings. The lowest BCUT2D eigenvalue weighted by Crippen LogP contribution is -2.34. The van der Waals surface area contributed by atoms with Crippen molar-refractivity contribution in [2.45, 2.75) is 6.54 Å².